The molecule has 5 rings (SSSR count). The van der Waals surface area contributed by atoms with E-state index < -0.39 is 0 Å². The maximum absolute atomic E-state index is 13.1. The Morgan fingerprint density at radius 1 is 1.00 bits per heavy atom. The van der Waals surface area contributed by atoms with Gasteiger partial charge in [0.25, 0.3) is 0 Å². The molecule has 0 atom stereocenters. The number of phenols is 1. The molecular formula is C28H27BrN2O5. The Labute approximate surface area is 218 Å². The zero-order valence-corrected chi connectivity index (χ0v) is 21.7. The molecule has 186 valence electrons. The quantitative estimate of drug-likeness (QED) is 0.427. The fraction of sp³-hybridized carbons (Fsp3) is 0.250. The molecule has 1 saturated heterocycles. The average Bonchev–Trinajstić information content (AvgIpc) is 3.21. The highest BCUT2D eigenvalue weighted by molar-refractivity contribution is 9.10. The number of fused-ring (bicyclic) bond motifs is 1. The number of carbonyl (C=O) groups is 1. The number of hydrogen-bond acceptors (Lipinski definition) is 7. The van der Waals surface area contributed by atoms with E-state index in [9.17, 15) is 9.90 Å². The van der Waals surface area contributed by atoms with E-state index in [1.807, 2.05) is 30.3 Å². The van der Waals surface area contributed by atoms with Crippen LogP contribution in [-0.2, 0) is 6.54 Å². The number of phenolic OH excluding ortho intramolecular Hbond substituents is 1. The zero-order valence-electron chi connectivity index (χ0n) is 20.2. The minimum absolute atomic E-state index is 0.125. The van der Waals surface area contributed by atoms with Gasteiger partial charge in [0.15, 0.2) is 5.76 Å². The molecule has 7 nitrogen and oxygen atoms in total. The average molecular weight is 551 g/mol. The summed E-state index contributed by atoms with van der Waals surface area (Å²) in [6.07, 6.45) is 1.68. The van der Waals surface area contributed by atoms with Crippen molar-refractivity contribution in [2.75, 3.05) is 45.3 Å². The summed E-state index contributed by atoms with van der Waals surface area (Å²) in [6.45, 7) is 3.85. The van der Waals surface area contributed by atoms with Gasteiger partial charge in [-0.2, -0.15) is 0 Å². The van der Waals surface area contributed by atoms with Crippen molar-refractivity contribution in [3.63, 3.8) is 0 Å². The van der Waals surface area contributed by atoms with Crippen molar-refractivity contribution in [2.45, 2.75) is 6.54 Å². The molecule has 1 N–H and O–H groups in total. The van der Waals surface area contributed by atoms with Crippen LogP contribution in [0.1, 0.15) is 21.5 Å². The van der Waals surface area contributed by atoms with E-state index in [1.54, 1.807) is 32.4 Å². The fourth-order valence-electron chi connectivity index (χ4n) is 4.59. The predicted octanol–water partition coefficient (Wildman–Crippen LogP) is 5.11. The lowest BCUT2D eigenvalue weighted by Crippen LogP contribution is -2.46. The molecule has 0 unspecified atom stereocenters. The zero-order chi connectivity index (χ0) is 25.2. The van der Waals surface area contributed by atoms with Crippen LogP contribution in [0.4, 0.5) is 5.69 Å². The number of halogens is 1. The Morgan fingerprint density at radius 3 is 2.44 bits per heavy atom. The lowest BCUT2D eigenvalue weighted by molar-refractivity contribution is 0.101. The number of piperazine rings is 1. The smallest absolute Gasteiger partial charge is 0.231 e. The molecule has 0 aliphatic carbocycles. The number of hydrogen-bond donors (Lipinski definition) is 1. The molecular weight excluding hydrogens is 524 g/mol. The van der Waals surface area contributed by atoms with Gasteiger partial charge in [0, 0.05) is 48.4 Å². The van der Waals surface area contributed by atoms with E-state index in [2.05, 4.69) is 37.9 Å². The van der Waals surface area contributed by atoms with Crippen LogP contribution >= 0.6 is 15.9 Å². The Morgan fingerprint density at radius 2 is 1.75 bits per heavy atom. The Hall–Kier alpha value is -3.49. The van der Waals surface area contributed by atoms with E-state index in [1.165, 1.54) is 0 Å². The summed E-state index contributed by atoms with van der Waals surface area (Å²) < 4.78 is 17.6. The predicted molar refractivity (Wildman–Crippen MR) is 142 cm³/mol. The summed E-state index contributed by atoms with van der Waals surface area (Å²) in [4.78, 5) is 17.7. The molecule has 0 aromatic heterocycles. The van der Waals surface area contributed by atoms with Crippen LogP contribution in [0.15, 0.2) is 64.8 Å². The van der Waals surface area contributed by atoms with Gasteiger partial charge in [-0.15, -0.1) is 0 Å². The Bertz CT molecular complexity index is 1310. The van der Waals surface area contributed by atoms with Crippen molar-refractivity contribution in [3.8, 4) is 23.0 Å². The maximum Gasteiger partial charge on any atom is 0.231 e. The summed E-state index contributed by atoms with van der Waals surface area (Å²) in [5, 5.41) is 10.7. The number of allylic oxidation sites excluding steroid dienone is 1. The lowest BCUT2D eigenvalue weighted by Gasteiger charge is -2.36. The van der Waals surface area contributed by atoms with Crippen LogP contribution < -0.4 is 19.1 Å². The highest BCUT2D eigenvalue weighted by Crippen LogP contribution is 2.41. The number of ketones is 1. The lowest BCUT2D eigenvalue weighted by atomic mass is 10.0. The molecule has 2 heterocycles. The van der Waals surface area contributed by atoms with E-state index in [4.69, 9.17) is 14.2 Å². The van der Waals surface area contributed by atoms with E-state index in [0.29, 0.717) is 29.2 Å². The van der Waals surface area contributed by atoms with E-state index >= 15 is 0 Å². The number of benzene rings is 3. The monoisotopic (exact) mass is 550 g/mol. The molecule has 36 heavy (non-hydrogen) atoms. The van der Waals surface area contributed by atoms with Crippen molar-refractivity contribution in [3.05, 3.63) is 81.5 Å². The Kier molecular flexibility index (Phi) is 6.89. The largest absolute Gasteiger partial charge is 0.507 e. The highest BCUT2D eigenvalue weighted by Gasteiger charge is 2.32. The van der Waals surface area contributed by atoms with Gasteiger partial charge in [0.2, 0.25) is 5.78 Å². The maximum atomic E-state index is 13.1. The molecule has 3 aromatic rings. The first-order valence-electron chi connectivity index (χ1n) is 11.7. The van der Waals surface area contributed by atoms with Gasteiger partial charge in [-0.3, -0.25) is 9.69 Å². The van der Waals surface area contributed by atoms with Gasteiger partial charge in [0.1, 0.15) is 23.0 Å². The van der Waals surface area contributed by atoms with Gasteiger partial charge in [-0.05, 0) is 60.7 Å². The van der Waals surface area contributed by atoms with Crippen molar-refractivity contribution in [1.82, 2.24) is 4.90 Å². The number of rotatable bonds is 6. The number of carbonyl (C=O) groups excluding carboxylic acids is 1. The third-order valence-corrected chi connectivity index (χ3v) is 7.08. The van der Waals surface area contributed by atoms with Gasteiger partial charge >= 0.3 is 0 Å². The third kappa shape index (κ3) is 4.79. The molecule has 2 aliphatic heterocycles. The van der Waals surface area contributed by atoms with Crippen LogP contribution in [-0.4, -0.2) is 56.2 Å². The second-order valence-electron chi connectivity index (χ2n) is 8.73. The molecule has 0 bridgehead atoms. The second-order valence-corrected chi connectivity index (χ2v) is 9.64. The Balaban J connectivity index is 1.33. The van der Waals surface area contributed by atoms with Crippen LogP contribution in [0.25, 0.3) is 6.08 Å². The minimum atomic E-state index is -0.211. The van der Waals surface area contributed by atoms with Gasteiger partial charge < -0.3 is 24.2 Å². The van der Waals surface area contributed by atoms with Crippen molar-refractivity contribution < 1.29 is 24.1 Å². The third-order valence-electron chi connectivity index (χ3n) is 6.59. The first kappa shape index (κ1) is 24.2. The topological polar surface area (TPSA) is 71.5 Å². The number of methoxy groups -OCH3 is 2. The van der Waals surface area contributed by atoms with E-state index in [0.717, 1.165) is 47.7 Å². The van der Waals surface area contributed by atoms with Crippen LogP contribution in [0.5, 0.6) is 23.0 Å². The second kappa shape index (κ2) is 10.2. The minimum Gasteiger partial charge on any atom is -0.507 e. The molecule has 8 heteroatoms. The van der Waals surface area contributed by atoms with Crippen LogP contribution in [0.3, 0.4) is 0 Å². The molecule has 2 aliphatic rings. The summed E-state index contributed by atoms with van der Waals surface area (Å²) in [5.41, 5.74) is 2.97. The first-order valence-corrected chi connectivity index (χ1v) is 12.5. The SMILES string of the molecule is COc1ccc(N2CCN(Cc3c(O)ccc4c3O/C(=C\c3cc(Br)ccc3OC)C4=O)CC2)cc1. The molecule has 0 amide bonds. The number of ether oxygens (including phenoxy) is 3. The van der Waals surface area contributed by atoms with E-state index in [-0.39, 0.29) is 17.3 Å². The number of Topliss-reactive ketones (excluding diaryl/α,β-unsaturated/α-hetero) is 1. The summed E-state index contributed by atoms with van der Waals surface area (Å²) in [6, 6.07) is 16.8. The van der Waals surface area contributed by atoms with Gasteiger partial charge in [-0.25, -0.2) is 0 Å². The highest BCUT2D eigenvalue weighted by atomic mass is 79.9. The molecule has 0 radical (unpaired) electrons. The molecule has 0 spiro atoms. The summed E-state index contributed by atoms with van der Waals surface area (Å²) in [7, 11) is 3.25. The van der Waals surface area contributed by atoms with Crippen LogP contribution in [0.2, 0.25) is 0 Å². The normalized spacial score (nSPS) is 16.7. The number of nitrogens with zero attached hydrogens (tertiary/aromatic N) is 2. The van der Waals surface area contributed by atoms with Crippen molar-refractivity contribution >= 4 is 33.5 Å². The molecule has 0 saturated carbocycles. The number of aromatic hydroxyl groups is 1. The fourth-order valence-corrected chi connectivity index (χ4v) is 4.97. The van der Waals surface area contributed by atoms with Crippen molar-refractivity contribution in [1.29, 1.82) is 0 Å². The van der Waals surface area contributed by atoms with Crippen LogP contribution in [0, 0.1) is 0 Å². The molecule has 3 aromatic carbocycles. The standard InChI is InChI=1S/C28H27BrN2O5/c1-34-21-6-4-20(5-7-21)31-13-11-30(12-14-31)17-23-24(32)9-8-22-27(33)26(36-28(22)23)16-18-15-19(29)3-10-25(18)35-2/h3-10,15-16,32H,11-14,17H2,1-2H3/b26-16-. The molecule has 1 fully saturated rings. The van der Waals surface area contributed by atoms with Crippen molar-refractivity contribution in [2.24, 2.45) is 0 Å². The van der Waals surface area contributed by atoms with Gasteiger partial charge in [-0.1, -0.05) is 15.9 Å². The summed E-state index contributed by atoms with van der Waals surface area (Å²) in [5.74, 6) is 2.02. The first-order chi connectivity index (χ1) is 17.5. The summed E-state index contributed by atoms with van der Waals surface area (Å²) >= 11 is 3.46. The van der Waals surface area contributed by atoms with Gasteiger partial charge in [0.05, 0.1) is 25.3 Å². The number of anilines is 1.